The molecule has 1 aromatic carbocycles. The third kappa shape index (κ3) is 8.58. The van der Waals surface area contributed by atoms with Crippen LogP contribution < -0.4 is 15.4 Å². The lowest BCUT2D eigenvalue weighted by atomic mass is 9.94. The number of piperidine rings is 1. The molecule has 2 heterocycles. The fraction of sp³-hybridized carbons (Fsp3) is 0.429. The molecule has 15 heteroatoms. The van der Waals surface area contributed by atoms with E-state index in [9.17, 15) is 14.4 Å². The second-order valence-electron chi connectivity index (χ2n) is 7.86. The molecule has 36 heavy (non-hydrogen) atoms. The molecule has 0 unspecified atom stereocenters. The van der Waals surface area contributed by atoms with E-state index in [1.165, 1.54) is 0 Å². The number of nitrogens with one attached hydrogen (secondary N) is 3. The average Bonchev–Trinajstić information content (AvgIpc) is 3.16. The van der Waals surface area contributed by atoms with Crippen molar-refractivity contribution in [2.24, 2.45) is 5.92 Å². The number of aromatic nitrogens is 2. The quantitative estimate of drug-likeness (QED) is 0.328. The van der Waals surface area contributed by atoms with E-state index in [1.54, 1.807) is 29.2 Å². The monoisotopic (exact) mass is 643 g/mol. The zero-order valence-electron chi connectivity index (χ0n) is 18.7. The number of halogens is 5. The van der Waals surface area contributed by atoms with E-state index >= 15 is 0 Å². The molecular formula is C21H22BrCl4N5O5. The minimum Gasteiger partial charge on any atom is -0.445 e. The summed E-state index contributed by atoms with van der Waals surface area (Å²) < 4.78 is 8.82. The van der Waals surface area contributed by atoms with Crippen LogP contribution in [0.15, 0.2) is 28.7 Å². The molecule has 1 aromatic heterocycles. The summed E-state index contributed by atoms with van der Waals surface area (Å²) in [7, 11) is 0. The molecule has 0 radical (unpaired) electrons. The van der Waals surface area contributed by atoms with Crippen LogP contribution in [0.25, 0.3) is 0 Å². The van der Waals surface area contributed by atoms with Crippen molar-refractivity contribution in [3.8, 4) is 5.88 Å². The van der Waals surface area contributed by atoms with E-state index in [4.69, 9.17) is 55.9 Å². The number of hydrogen-bond acceptors (Lipinski definition) is 6. The Morgan fingerprint density at radius 1 is 1.19 bits per heavy atom. The van der Waals surface area contributed by atoms with Crippen LogP contribution in [0.4, 0.5) is 15.4 Å². The maximum atomic E-state index is 12.4. The minimum absolute atomic E-state index is 0.0383. The van der Waals surface area contributed by atoms with Crippen molar-refractivity contribution in [3.63, 3.8) is 0 Å². The second kappa shape index (κ2) is 13.0. The van der Waals surface area contributed by atoms with Gasteiger partial charge in [0.2, 0.25) is 3.79 Å². The van der Waals surface area contributed by atoms with Gasteiger partial charge in [-0.05, 0) is 53.2 Å². The number of ether oxygens (including phenoxy) is 2. The van der Waals surface area contributed by atoms with Gasteiger partial charge in [-0.15, -0.1) is 5.10 Å². The smallest absolute Gasteiger partial charge is 0.414 e. The largest absolute Gasteiger partial charge is 0.445 e. The molecule has 3 amide bonds. The van der Waals surface area contributed by atoms with Crippen LogP contribution in [0.5, 0.6) is 5.88 Å². The van der Waals surface area contributed by atoms with Crippen molar-refractivity contribution in [2.75, 3.05) is 31.6 Å². The first kappa shape index (κ1) is 28.6. The van der Waals surface area contributed by atoms with E-state index in [0.29, 0.717) is 37.0 Å². The third-order valence-corrected chi connectivity index (χ3v) is 6.67. The van der Waals surface area contributed by atoms with Gasteiger partial charge < -0.3 is 25.0 Å². The molecule has 1 aliphatic rings. The van der Waals surface area contributed by atoms with Crippen LogP contribution in [0, 0.1) is 5.92 Å². The van der Waals surface area contributed by atoms with Crippen molar-refractivity contribution < 1.29 is 23.9 Å². The molecule has 196 valence electrons. The molecule has 3 N–H and O–H groups in total. The van der Waals surface area contributed by atoms with Crippen LogP contribution in [-0.2, 0) is 4.74 Å². The highest BCUT2D eigenvalue weighted by Gasteiger charge is 2.27. The van der Waals surface area contributed by atoms with E-state index in [-0.39, 0.29) is 28.3 Å². The molecule has 0 aliphatic carbocycles. The minimum atomic E-state index is -1.65. The topological polar surface area (TPSA) is 126 Å². The highest BCUT2D eigenvalue weighted by Crippen LogP contribution is 2.31. The lowest BCUT2D eigenvalue weighted by Crippen LogP contribution is -2.40. The summed E-state index contributed by atoms with van der Waals surface area (Å²) in [4.78, 5) is 38.2. The number of likely N-dealkylation sites (tertiary alicyclic amines) is 1. The Hall–Kier alpha value is -1.92. The lowest BCUT2D eigenvalue weighted by molar-refractivity contribution is 0.0883. The summed E-state index contributed by atoms with van der Waals surface area (Å²) in [5, 5.41) is 12.1. The van der Waals surface area contributed by atoms with Crippen molar-refractivity contribution in [3.05, 3.63) is 39.3 Å². The first-order chi connectivity index (χ1) is 17.0. The predicted octanol–water partition coefficient (Wildman–Crippen LogP) is 5.78. The summed E-state index contributed by atoms with van der Waals surface area (Å²) in [5.41, 5.74) is 0.284. The van der Waals surface area contributed by atoms with E-state index in [0.717, 1.165) is 12.8 Å². The van der Waals surface area contributed by atoms with Crippen molar-refractivity contribution in [1.82, 2.24) is 20.4 Å². The predicted molar refractivity (Wildman–Crippen MR) is 140 cm³/mol. The summed E-state index contributed by atoms with van der Waals surface area (Å²) in [6.07, 6.45) is 0.984. The summed E-state index contributed by atoms with van der Waals surface area (Å²) >= 11 is 26.1. The third-order valence-electron chi connectivity index (χ3n) is 5.28. The molecule has 0 atom stereocenters. The number of carbonyl (C=O) groups is 3. The van der Waals surface area contributed by atoms with E-state index in [1.807, 2.05) is 0 Å². The number of carbonyl (C=O) groups excluding carboxylic acids is 3. The first-order valence-electron chi connectivity index (χ1n) is 10.8. The Bertz CT molecular complexity index is 1090. The number of nitrogens with zero attached hydrogens (tertiary/aromatic N) is 2. The van der Waals surface area contributed by atoms with Gasteiger partial charge in [0.05, 0.1) is 10.6 Å². The van der Waals surface area contributed by atoms with Crippen molar-refractivity contribution in [1.29, 1.82) is 0 Å². The Kier molecular flexibility index (Phi) is 10.4. The number of H-pyrrole nitrogens is 1. The average molecular weight is 646 g/mol. The molecule has 0 saturated carbocycles. The van der Waals surface area contributed by atoms with Gasteiger partial charge in [0.15, 0.2) is 0 Å². The van der Waals surface area contributed by atoms with Crippen LogP contribution >= 0.6 is 62.3 Å². The lowest BCUT2D eigenvalue weighted by Gasteiger charge is -2.31. The second-order valence-corrected chi connectivity index (χ2v) is 11.6. The van der Waals surface area contributed by atoms with Gasteiger partial charge in [-0.25, -0.2) is 9.59 Å². The first-order valence-corrected chi connectivity index (χ1v) is 13.1. The fourth-order valence-electron chi connectivity index (χ4n) is 3.43. The van der Waals surface area contributed by atoms with Crippen LogP contribution in [0.2, 0.25) is 5.02 Å². The van der Waals surface area contributed by atoms with Gasteiger partial charge >= 0.3 is 12.2 Å². The number of rotatable bonds is 7. The zero-order valence-corrected chi connectivity index (χ0v) is 23.3. The standard InChI is InChI=1S/C21H22BrCl4N5O5/c22-15-16(28-17(32)13-3-1-2-4-14(13)23)29-30-18(15)36-19(33)27-8-5-12-6-9-31(10-7-12)20(34)35-11-21(24,25)26/h1-4,12H,5-11H2,(H,27,33)(H2,28,29,30,32). The molecule has 2 aromatic rings. The Balaban J connectivity index is 1.38. The maximum Gasteiger partial charge on any atom is 0.414 e. The van der Waals surface area contributed by atoms with Gasteiger partial charge in [0.1, 0.15) is 16.9 Å². The van der Waals surface area contributed by atoms with Crippen molar-refractivity contribution in [2.45, 2.75) is 23.1 Å². The van der Waals surface area contributed by atoms with E-state index < -0.39 is 21.9 Å². The molecule has 10 nitrogen and oxygen atoms in total. The van der Waals surface area contributed by atoms with Crippen molar-refractivity contribution >= 4 is 86.2 Å². The molecule has 1 saturated heterocycles. The van der Waals surface area contributed by atoms with Gasteiger partial charge in [-0.1, -0.05) is 58.5 Å². The molecular weight excluding hydrogens is 624 g/mol. The molecule has 1 fully saturated rings. The number of aromatic amines is 1. The van der Waals surface area contributed by atoms with Crippen LogP contribution in [0.1, 0.15) is 29.6 Å². The van der Waals surface area contributed by atoms with Gasteiger partial charge in [0, 0.05) is 19.6 Å². The highest BCUT2D eigenvalue weighted by molar-refractivity contribution is 9.10. The van der Waals surface area contributed by atoms with Gasteiger partial charge in [-0.3, -0.25) is 9.89 Å². The normalized spacial score (nSPS) is 14.3. The Morgan fingerprint density at radius 3 is 2.56 bits per heavy atom. The van der Waals surface area contributed by atoms with Gasteiger partial charge in [0.25, 0.3) is 11.8 Å². The number of hydrogen-bond donors (Lipinski definition) is 3. The molecule has 3 rings (SSSR count). The fourth-order valence-corrected chi connectivity index (χ4v) is 4.17. The molecule has 1 aliphatic heterocycles. The number of anilines is 1. The summed E-state index contributed by atoms with van der Waals surface area (Å²) in [6.45, 7) is 1.08. The Labute approximate surface area is 235 Å². The zero-order chi connectivity index (χ0) is 26.3. The summed E-state index contributed by atoms with van der Waals surface area (Å²) in [5.74, 6) is 0.0299. The SMILES string of the molecule is O=C(NCCC1CCN(C(=O)OCC(Cl)(Cl)Cl)CC1)Oc1n[nH]c(NC(=O)c2ccccc2Cl)c1Br. The number of alkyl halides is 3. The number of benzene rings is 1. The van der Waals surface area contributed by atoms with Crippen LogP contribution in [-0.4, -0.2) is 63.2 Å². The summed E-state index contributed by atoms with van der Waals surface area (Å²) in [6, 6.07) is 6.58. The van der Waals surface area contributed by atoms with Crippen LogP contribution in [0.3, 0.4) is 0 Å². The Morgan fingerprint density at radius 2 is 1.89 bits per heavy atom. The molecule has 0 spiro atoms. The maximum absolute atomic E-state index is 12.4. The molecule has 0 bridgehead atoms. The number of amides is 3. The highest BCUT2D eigenvalue weighted by atomic mass is 79.9. The van der Waals surface area contributed by atoms with E-state index in [2.05, 4.69) is 36.8 Å². The van der Waals surface area contributed by atoms with Gasteiger partial charge in [-0.2, -0.15) is 0 Å².